The van der Waals surface area contributed by atoms with Gasteiger partial charge in [0.15, 0.2) is 0 Å². The van der Waals surface area contributed by atoms with Crippen LogP contribution < -0.4 is 23.5 Å². The van der Waals surface area contributed by atoms with Gasteiger partial charge in [-0.1, -0.05) is 23.7 Å². The van der Waals surface area contributed by atoms with Crippen LogP contribution in [0, 0.1) is 0 Å². The van der Waals surface area contributed by atoms with Crippen molar-refractivity contribution in [3.63, 3.8) is 0 Å². The standard InChI is InChI=1S/C21H20ClN3O3.ClH/c22-14-7-12-3-4-13(19-18(12)16(9-14)25-20(19)21(27)28)8-17(26)24-15-5-1-11(10-23)2-6-15;/h1-2,5-7,9,13,25H,3-4,8,10,23H2,(H,24,26)(H,27,28);1H/t13-;/m0./s1. The molecule has 0 fully saturated rings. The van der Waals surface area contributed by atoms with E-state index in [0.29, 0.717) is 29.1 Å². The second kappa shape index (κ2) is 8.45. The van der Waals surface area contributed by atoms with E-state index < -0.39 is 5.97 Å². The Bertz CT molecular complexity index is 1080. The molecule has 1 aliphatic rings. The number of rotatable bonds is 5. The number of H-pyrrole nitrogens is 1. The smallest absolute Gasteiger partial charge is 0.352 e. The van der Waals surface area contributed by atoms with Gasteiger partial charge in [0, 0.05) is 33.6 Å². The Kier molecular flexibility index (Phi) is 6.17. The lowest BCUT2D eigenvalue weighted by atomic mass is 9.81. The highest BCUT2D eigenvalue weighted by Gasteiger charge is 2.31. The number of aromatic carboxylic acids is 1. The first-order valence-electron chi connectivity index (χ1n) is 9.21. The summed E-state index contributed by atoms with van der Waals surface area (Å²) in [5.41, 5.74) is 8.26. The Labute approximate surface area is 178 Å². The number of carbonyl (C=O) groups excluding carboxylic acids is 1. The number of anilines is 1. The van der Waals surface area contributed by atoms with E-state index in [-0.39, 0.29) is 36.3 Å². The van der Waals surface area contributed by atoms with Crippen molar-refractivity contribution in [1.29, 1.82) is 0 Å². The van der Waals surface area contributed by atoms with Gasteiger partial charge in [-0.25, -0.2) is 4.79 Å². The Morgan fingerprint density at radius 2 is 1.97 bits per heavy atom. The van der Waals surface area contributed by atoms with Crippen LogP contribution in [0.15, 0.2) is 36.4 Å². The fraction of sp³-hybridized carbons (Fsp3) is 0.238. The molecular formula is C21H21Cl2N3O3. The van der Waals surface area contributed by atoms with Crippen molar-refractivity contribution in [2.45, 2.75) is 31.7 Å². The Morgan fingerprint density at radius 3 is 2.62 bits per heavy atom. The van der Waals surface area contributed by atoms with E-state index in [1.54, 1.807) is 6.07 Å². The molecule has 4 rings (SSSR count). The maximum Gasteiger partial charge on any atom is 0.352 e. The van der Waals surface area contributed by atoms with Gasteiger partial charge in [0.25, 0.3) is 0 Å². The molecule has 0 saturated heterocycles. The Hall–Kier alpha value is -2.54. The third-order valence-electron chi connectivity index (χ3n) is 5.33. The molecule has 1 amide bonds. The topological polar surface area (TPSA) is 110 Å². The molecular weight excluding hydrogens is 413 g/mol. The number of quaternary nitrogens is 1. The van der Waals surface area contributed by atoms with Crippen LogP contribution in [-0.4, -0.2) is 22.0 Å². The van der Waals surface area contributed by atoms with Gasteiger partial charge in [0.05, 0.1) is 6.54 Å². The van der Waals surface area contributed by atoms with Gasteiger partial charge in [-0.05, 0) is 54.2 Å². The molecule has 0 spiro atoms. The van der Waals surface area contributed by atoms with E-state index in [4.69, 9.17) is 11.6 Å². The van der Waals surface area contributed by atoms with Gasteiger partial charge >= 0.3 is 5.97 Å². The molecule has 3 aromatic rings. The summed E-state index contributed by atoms with van der Waals surface area (Å²) < 4.78 is 0. The Balaban J connectivity index is 0.00000240. The minimum absolute atomic E-state index is 0. The maximum absolute atomic E-state index is 12.6. The number of aromatic nitrogens is 1. The monoisotopic (exact) mass is 433 g/mol. The van der Waals surface area contributed by atoms with Crippen LogP contribution in [0.2, 0.25) is 5.02 Å². The zero-order valence-corrected chi connectivity index (χ0v) is 17.1. The highest BCUT2D eigenvalue weighted by molar-refractivity contribution is 6.31. The van der Waals surface area contributed by atoms with Gasteiger partial charge < -0.3 is 33.5 Å². The van der Waals surface area contributed by atoms with Crippen molar-refractivity contribution in [1.82, 2.24) is 4.98 Å². The van der Waals surface area contributed by atoms with E-state index in [1.807, 2.05) is 30.3 Å². The molecule has 1 aliphatic carbocycles. The molecule has 1 aromatic heterocycles. The van der Waals surface area contributed by atoms with Gasteiger partial charge in [0.1, 0.15) is 5.69 Å². The number of carboxylic acid groups (broad SMARTS) is 1. The zero-order chi connectivity index (χ0) is 19.8. The predicted octanol–water partition coefficient (Wildman–Crippen LogP) is 0.324. The summed E-state index contributed by atoms with van der Waals surface area (Å²) in [7, 11) is 0. The molecule has 2 aromatic carbocycles. The van der Waals surface area contributed by atoms with Gasteiger partial charge in [0.2, 0.25) is 5.91 Å². The van der Waals surface area contributed by atoms with Crippen molar-refractivity contribution in [2.75, 3.05) is 5.32 Å². The van der Waals surface area contributed by atoms with E-state index >= 15 is 0 Å². The summed E-state index contributed by atoms with van der Waals surface area (Å²) >= 11 is 6.16. The number of amides is 1. The maximum atomic E-state index is 12.6. The van der Waals surface area contributed by atoms with E-state index in [2.05, 4.69) is 16.0 Å². The first-order chi connectivity index (χ1) is 13.5. The van der Waals surface area contributed by atoms with Gasteiger partial charge in [-0.15, -0.1) is 0 Å². The van der Waals surface area contributed by atoms with E-state index in [0.717, 1.165) is 28.6 Å². The molecule has 29 heavy (non-hydrogen) atoms. The molecule has 1 heterocycles. The average Bonchev–Trinajstić information content (AvgIpc) is 3.05. The molecule has 152 valence electrons. The lowest BCUT2D eigenvalue weighted by Crippen LogP contribution is -3.00. The van der Waals surface area contributed by atoms with Crippen LogP contribution in [0.3, 0.4) is 0 Å². The number of hydrogen-bond acceptors (Lipinski definition) is 2. The van der Waals surface area contributed by atoms with Crippen molar-refractivity contribution < 1.29 is 32.8 Å². The molecule has 0 radical (unpaired) electrons. The number of hydrogen-bond donors (Lipinski definition) is 4. The second-order valence-electron chi connectivity index (χ2n) is 7.14. The van der Waals surface area contributed by atoms with Gasteiger partial charge in [-0.3, -0.25) is 4.79 Å². The summed E-state index contributed by atoms with van der Waals surface area (Å²) in [4.78, 5) is 27.4. The van der Waals surface area contributed by atoms with Crippen LogP contribution in [0.25, 0.3) is 10.9 Å². The predicted molar refractivity (Wildman–Crippen MR) is 108 cm³/mol. The molecule has 0 unspecified atom stereocenters. The van der Waals surface area contributed by atoms with Gasteiger partial charge in [-0.2, -0.15) is 0 Å². The fourth-order valence-corrected chi connectivity index (χ4v) is 4.29. The highest BCUT2D eigenvalue weighted by atomic mass is 35.5. The summed E-state index contributed by atoms with van der Waals surface area (Å²) in [6.45, 7) is 0.696. The lowest BCUT2D eigenvalue weighted by Gasteiger charge is -2.23. The van der Waals surface area contributed by atoms with Crippen LogP contribution >= 0.6 is 11.6 Å². The van der Waals surface area contributed by atoms with Crippen LogP contribution in [0.5, 0.6) is 0 Å². The van der Waals surface area contributed by atoms with Crippen molar-refractivity contribution in [3.05, 3.63) is 63.8 Å². The van der Waals surface area contributed by atoms with Crippen LogP contribution in [-0.2, 0) is 17.8 Å². The van der Waals surface area contributed by atoms with Crippen LogP contribution in [0.4, 0.5) is 5.69 Å². The van der Waals surface area contributed by atoms with Crippen LogP contribution in [0.1, 0.15) is 45.9 Å². The minimum Gasteiger partial charge on any atom is -1.00 e. The first-order valence-corrected chi connectivity index (χ1v) is 9.59. The summed E-state index contributed by atoms with van der Waals surface area (Å²) in [6.07, 6.45) is 1.69. The number of carboxylic acids is 1. The summed E-state index contributed by atoms with van der Waals surface area (Å²) in [6, 6.07) is 11.2. The molecule has 0 bridgehead atoms. The lowest BCUT2D eigenvalue weighted by molar-refractivity contribution is -0.386. The normalized spacial score (nSPS) is 15.0. The summed E-state index contributed by atoms with van der Waals surface area (Å²) in [5.74, 6) is -1.31. The number of aryl methyl sites for hydroxylation is 1. The van der Waals surface area contributed by atoms with Crippen molar-refractivity contribution >= 4 is 40.1 Å². The minimum atomic E-state index is -1.02. The zero-order valence-electron chi connectivity index (χ0n) is 15.6. The largest absolute Gasteiger partial charge is 1.00 e. The number of halogens is 2. The molecule has 1 atom stereocenters. The number of aromatic amines is 1. The third-order valence-corrected chi connectivity index (χ3v) is 5.54. The highest BCUT2D eigenvalue weighted by Crippen LogP contribution is 2.42. The second-order valence-corrected chi connectivity index (χ2v) is 7.58. The summed E-state index contributed by atoms with van der Waals surface area (Å²) in [5, 5.41) is 14.0. The molecule has 6 N–H and O–H groups in total. The van der Waals surface area contributed by atoms with E-state index in [9.17, 15) is 14.7 Å². The SMILES string of the molecule is [Cl-].[NH3+]Cc1ccc(NC(=O)C[C@@H]2CCc3cc(Cl)cc4[nH]c(C(=O)O)c2c34)cc1. The van der Waals surface area contributed by atoms with E-state index in [1.165, 1.54) is 0 Å². The van der Waals surface area contributed by atoms with Crippen molar-refractivity contribution in [3.8, 4) is 0 Å². The average molecular weight is 434 g/mol. The Morgan fingerprint density at radius 1 is 1.24 bits per heavy atom. The quantitative estimate of drug-likeness (QED) is 0.465. The molecule has 0 saturated carbocycles. The molecule has 8 heteroatoms. The first kappa shape index (κ1) is 21.2. The molecule has 0 aliphatic heterocycles. The molecule has 6 nitrogen and oxygen atoms in total. The number of carbonyl (C=O) groups is 2. The number of nitrogens with one attached hydrogen (secondary N) is 2. The van der Waals surface area contributed by atoms with Crippen molar-refractivity contribution in [2.24, 2.45) is 0 Å². The number of benzene rings is 2. The fourth-order valence-electron chi connectivity index (χ4n) is 4.05. The third kappa shape index (κ3) is 4.10.